The zero-order valence-electron chi connectivity index (χ0n) is 20.9. The molecule has 0 saturated carbocycles. The first kappa shape index (κ1) is 24.9. The van der Waals surface area contributed by atoms with Gasteiger partial charge in [0, 0.05) is 25.5 Å². The number of rotatable bonds is 12. The van der Waals surface area contributed by atoms with Crippen LogP contribution in [0.4, 0.5) is 0 Å². The Morgan fingerprint density at radius 3 is 1.47 bits per heavy atom. The fourth-order valence-electron chi connectivity index (χ4n) is 3.90. The molecule has 1 aromatic heterocycles. The summed E-state index contributed by atoms with van der Waals surface area (Å²) in [5.74, 6) is 3.09. The van der Waals surface area contributed by atoms with E-state index < -0.39 is 0 Å². The van der Waals surface area contributed by atoms with Crippen LogP contribution in [0.2, 0.25) is 0 Å². The average molecular weight is 508 g/mol. The summed E-state index contributed by atoms with van der Waals surface area (Å²) < 4.78 is 20.5. The predicted octanol–water partition coefficient (Wildman–Crippen LogP) is 5.47. The van der Waals surface area contributed by atoms with Crippen molar-refractivity contribution in [3.63, 3.8) is 0 Å². The molecular weight excluding hydrogens is 478 g/mol. The summed E-state index contributed by atoms with van der Waals surface area (Å²) in [6.45, 7) is 2.57. The minimum atomic E-state index is -0.155. The quantitative estimate of drug-likeness (QED) is 0.227. The molecular formula is C31H29N3O4. The van der Waals surface area contributed by atoms with Gasteiger partial charge in [-0.15, -0.1) is 0 Å². The van der Waals surface area contributed by atoms with Gasteiger partial charge in [0.05, 0.1) is 11.4 Å². The third-order valence-corrected chi connectivity index (χ3v) is 5.82. The van der Waals surface area contributed by atoms with Crippen molar-refractivity contribution < 1.29 is 14.2 Å². The van der Waals surface area contributed by atoms with Crippen molar-refractivity contribution in [3.8, 4) is 34.4 Å². The number of nitrogens with one attached hydrogen (secondary N) is 1. The average Bonchev–Trinajstić information content (AvgIpc) is 3.35. The third-order valence-electron chi connectivity index (χ3n) is 5.82. The number of para-hydroxylation sites is 2. The zero-order valence-corrected chi connectivity index (χ0v) is 20.9. The van der Waals surface area contributed by atoms with Gasteiger partial charge in [-0.2, -0.15) is 0 Å². The van der Waals surface area contributed by atoms with Crippen molar-refractivity contribution in [2.45, 2.75) is 0 Å². The first-order valence-electron chi connectivity index (χ1n) is 12.5. The van der Waals surface area contributed by atoms with Crippen molar-refractivity contribution in [1.82, 2.24) is 14.5 Å². The van der Waals surface area contributed by atoms with E-state index in [0.29, 0.717) is 25.5 Å². The van der Waals surface area contributed by atoms with Crippen LogP contribution in [0.25, 0.3) is 11.4 Å². The lowest BCUT2D eigenvalue weighted by Crippen LogP contribution is -2.25. The van der Waals surface area contributed by atoms with Crippen LogP contribution in [0.3, 0.4) is 0 Å². The number of imidazole rings is 1. The van der Waals surface area contributed by atoms with Gasteiger partial charge in [0.15, 0.2) is 0 Å². The van der Waals surface area contributed by atoms with Gasteiger partial charge in [-0.3, -0.25) is 9.13 Å². The number of benzene rings is 4. The molecule has 7 heteroatoms. The number of ether oxygens (including phenoxy) is 3. The first-order valence-corrected chi connectivity index (χ1v) is 12.5. The number of hydrogen-bond acceptors (Lipinski definition) is 5. The molecule has 0 amide bonds. The minimum Gasteiger partial charge on any atom is -0.492 e. The van der Waals surface area contributed by atoms with Crippen LogP contribution in [0, 0.1) is 0 Å². The SMILES string of the molecule is O=c1n(-c2ccc(OCCNCCOc3ccccc3)cc2)ccn1-c1ccc(Oc2ccccc2)cc1. The lowest BCUT2D eigenvalue weighted by Gasteiger charge is -2.09. The Morgan fingerprint density at radius 2 is 0.947 bits per heavy atom. The van der Waals surface area contributed by atoms with Gasteiger partial charge in [0.1, 0.15) is 36.2 Å². The minimum absolute atomic E-state index is 0.155. The molecule has 0 aliphatic carbocycles. The van der Waals surface area contributed by atoms with Crippen LogP contribution >= 0.6 is 0 Å². The molecule has 192 valence electrons. The molecule has 38 heavy (non-hydrogen) atoms. The van der Waals surface area contributed by atoms with E-state index in [1.54, 1.807) is 21.5 Å². The number of hydrogen-bond donors (Lipinski definition) is 1. The summed E-state index contributed by atoms with van der Waals surface area (Å²) in [5.41, 5.74) is 1.37. The van der Waals surface area contributed by atoms with Gasteiger partial charge in [-0.05, 0) is 72.8 Å². The molecule has 0 spiro atoms. The maximum atomic E-state index is 13.1. The van der Waals surface area contributed by atoms with E-state index in [1.165, 1.54) is 0 Å². The highest BCUT2D eigenvalue weighted by Gasteiger charge is 2.08. The fraction of sp³-hybridized carbons (Fsp3) is 0.129. The summed E-state index contributed by atoms with van der Waals surface area (Å²) >= 11 is 0. The zero-order chi connectivity index (χ0) is 26.0. The molecule has 0 radical (unpaired) electrons. The second kappa shape index (κ2) is 12.5. The van der Waals surface area contributed by atoms with Crippen LogP contribution in [0.5, 0.6) is 23.0 Å². The molecule has 0 fully saturated rings. The highest BCUT2D eigenvalue weighted by molar-refractivity contribution is 5.41. The molecule has 1 heterocycles. The monoisotopic (exact) mass is 507 g/mol. The van der Waals surface area contributed by atoms with E-state index in [-0.39, 0.29) is 5.69 Å². The van der Waals surface area contributed by atoms with Gasteiger partial charge in [-0.1, -0.05) is 36.4 Å². The van der Waals surface area contributed by atoms with Gasteiger partial charge in [-0.25, -0.2) is 4.79 Å². The highest BCUT2D eigenvalue weighted by Crippen LogP contribution is 2.22. The summed E-state index contributed by atoms with van der Waals surface area (Å²) in [6.07, 6.45) is 3.51. The smallest absolute Gasteiger partial charge is 0.337 e. The Labute approximate surface area is 221 Å². The van der Waals surface area contributed by atoms with Crippen molar-refractivity contribution in [2.24, 2.45) is 0 Å². The summed E-state index contributed by atoms with van der Waals surface area (Å²) in [4.78, 5) is 13.1. The molecule has 0 aliphatic rings. The van der Waals surface area contributed by atoms with Crippen LogP contribution < -0.4 is 25.2 Å². The van der Waals surface area contributed by atoms with Crippen LogP contribution in [-0.2, 0) is 0 Å². The Hall–Kier alpha value is -4.75. The number of nitrogens with zero attached hydrogens (tertiary/aromatic N) is 2. The molecule has 0 bridgehead atoms. The van der Waals surface area contributed by atoms with Crippen molar-refractivity contribution >= 4 is 0 Å². The molecule has 4 aromatic carbocycles. The topological polar surface area (TPSA) is 66.6 Å². The Bertz CT molecular complexity index is 1460. The van der Waals surface area contributed by atoms with Crippen molar-refractivity contribution in [1.29, 1.82) is 0 Å². The Balaban J connectivity index is 1.10. The molecule has 0 saturated heterocycles. The van der Waals surface area contributed by atoms with Gasteiger partial charge < -0.3 is 19.5 Å². The molecule has 0 aliphatic heterocycles. The van der Waals surface area contributed by atoms with E-state index in [4.69, 9.17) is 14.2 Å². The van der Waals surface area contributed by atoms with E-state index in [0.717, 1.165) is 35.2 Å². The van der Waals surface area contributed by atoms with E-state index in [9.17, 15) is 4.79 Å². The predicted molar refractivity (Wildman–Crippen MR) is 148 cm³/mol. The molecule has 0 atom stereocenters. The van der Waals surface area contributed by atoms with Crippen molar-refractivity contribution in [3.05, 3.63) is 132 Å². The lowest BCUT2D eigenvalue weighted by atomic mass is 10.3. The van der Waals surface area contributed by atoms with Crippen LogP contribution in [-0.4, -0.2) is 35.4 Å². The fourth-order valence-corrected chi connectivity index (χ4v) is 3.90. The van der Waals surface area contributed by atoms with Crippen molar-refractivity contribution in [2.75, 3.05) is 26.3 Å². The lowest BCUT2D eigenvalue weighted by molar-refractivity contribution is 0.289. The maximum Gasteiger partial charge on any atom is 0.337 e. The normalized spacial score (nSPS) is 10.7. The van der Waals surface area contributed by atoms with E-state index in [2.05, 4.69) is 5.32 Å². The number of aromatic nitrogens is 2. The summed E-state index contributed by atoms with van der Waals surface area (Å²) in [5, 5.41) is 3.30. The van der Waals surface area contributed by atoms with E-state index in [1.807, 2.05) is 109 Å². The standard InChI is InChI=1S/C31H29N3O4/c35-31-33(21-22-34(31)26-13-17-30(18-14-26)38-29-9-5-2-6-10-29)25-11-15-28(16-12-25)37-24-20-32-19-23-36-27-7-3-1-4-8-27/h1-18,21-22,32H,19-20,23-24H2. The second-order valence-corrected chi connectivity index (χ2v) is 8.48. The third kappa shape index (κ3) is 6.52. The molecule has 5 rings (SSSR count). The molecule has 1 N–H and O–H groups in total. The summed E-state index contributed by atoms with van der Waals surface area (Å²) in [7, 11) is 0. The molecule has 5 aromatic rings. The first-order chi connectivity index (χ1) is 18.8. The Morgan fingerprint density at radius 1 is 0.526 bits per heavy atom. The highest BCUT2D eigenvalue weighted by atomic mass is 16.5. The second-order valence-electron chi connectivity index (χ2n) is 8.48. The van der Waals surface area contributed by atoms with Gasteiger partial charge in [0.25, 0.3) is 0 Å². The largest absolute Gasteiger partial charge is 0.492 e. The molecule has 7 nitrogen and oxygen atoms in total. The van der Waals surface area contributed by atoms with E-state index >= 15 is 0 Å². The Kier molecular flexibility index (Phi) is 8.18. The van der Waals surface area contributed by atoms with Crippen LogP contribution in [0.1, 0.15) is 0 Å². The maximum absolute atomic E-state index is 13.1. The van der Waals surface area contributed by atoms with Gasteiger partial charge in [0.2, 0.25) is 0 Å². The van der Waals surface area contributed by atoms with Gasteiger partial charge >= 0.3 is 5.69 Å². The summed E-state index contributed by atoms with van der Waals surface area (Å²) in [6, 6.07) is 34.3. The van der Waals surface area contributed by atoms with Crippen LogP contribution in [0.15, 0.2) is 126 Å². The molecule has 0 unspecified atom stereocenters.